The highest BCUT2D eigenvalue weighted by molar-refractivity contribution is 8.04. The molecule has 0 radical (unpaired) electrons. The summed E-state index contributed by atoms with van der Waals surface area (Å²) in [7, 11) is 2.83. The van der Waals surface area contributed by atoms with Crippen molar-refractivity contribution in [1.82, 2.24) is 0 Å². The van der Waals surface area contributed by atoms with Crippen molar-refractivity contribution in [2.45, 2.75) is 33.1 Å². The van der Waals surface area contributed by atoms with Crippen molar-refractivity contribution in [3.63, 3.8) is 0 Å². The van der Waals surface area contributed by atoms with Crippen LogP contribution >= 0.6 is 17.2 Å². The van der Waals surface area contributed by atoms with Crippen LogP contribution in [0.2, 0.25) is 0 Å². The number of hydrogen-bond acceptors (Lipinski definition) is 1. The molecule has 11 heavy (non-hydrogen) atoms. The zero-order chi connectivity index (χ0) is 7.40. The SMILES string of the molecule is C.[O-]C(=C[PH2+]P)C1CCCC1. The van der Waals surface area contributed by atoms with Crippen molar-refractivity contribution >= 4 is 17.2 Å². The van der Waals surface area contributed by atoms with Gasteiger partial charge >= 0.3 is 0 Å². The molecule has 3 heteroatoms. The molecular weight excluding hydrogens is 174 g/mol. The lowest BCUT2D eigenvalue weighted by atomic mass is 10.1. The summed E-state index contributed by atoms with van der Waals surface area (Å²) in [6, 6.07) is 0. The van der Waals surface area contributed by atoms with E-state index in [1.165, 1.54) is 12.8 Å². The Kier molecular flexibility index (Phi) is 6.19. The zero-order valence-electron chi connectivity index (χ0n) is 6.05. The second-order valence-electron chi connectivity index (χ2n) is 2.74. The fraction of sp³-hybridized carbons (Fsp3) is 0.750. The molecule has 0 spiro atoms. The van der Waals surface area contributed by atoms with Gasteiger partial charge in [0.05, 0.1) is 0 Å². The second kappa shape index (κ2) is 5.98. The molecule has 0 aromatic rings. The Hall–Kier alpha value is 0.400. The molecule has 0 heterocycles. The smallest absolute Gasteiger partial charge is 0.0442 e. The van der Waals surface area contributed by atoms with Gasteiger partial charge < -0.3 is 5.11 Å². The average Bonchev–Trinajstić information content (AvgIpc) is 2.38. The highest BCUT2D eigenvalue weighted by Gasteiger charge is 2.13. The topological polar surface area (TPSA) is 23.1 Å². The van der Waals surface area contributed by atoms with Crippen LogP contribution in [0.15, 0.2) is 11.6 Å². The van der Waals surface area contributed by atoms with E-state index in [1.54, 1.807) is 0 Å². The monoisotopic (exact) mass is 192 g/mol. The minimum absolute atomic E-state index is 0. The molecule has 0 N–H and O–H groups in total. The first-order valence-corrected chi connectivity index (χ1v) is 7.10. The molecule has 1 aliphatic carbocycles. The van der Waals surface area contributed by atoms with Crippen LogP contribution < -0.4 is 5.11 Å². The molecule has 1 nitrogen and oxygen atoms in total. The molecule has 0 aromatic heterocycles. The van der Waals surface area contributed by atoms with Crippen molar-refractivity contribution in [2.24, 2.45) is 5.92 Å². The minimum atomic E-state index is 0. The zero-order valence-corrected chi connectivity index (χ0v) is 8.36. The standard InChI is InChI=1S/C7H14OP2.CH4/c8-7(5-10-9)6-3-1-2-4-6;/h5-6,8,10H,1-4,9H2;1H4. The van der Waals surface area contributed by atoms with Crippen molar-refractivity contribution in [3.8, 4) is 0 Å². The molecular formula is C8H18OP2. The number of rotatable bonds is 2. The average molecular weight is 192 g/mol. The van der Waals surface area contributed by atoms with Gasteiger partial charge in [0, 0.05) is 23.0 Å². The first-order valence-electron chi connectivity index (χ1n) is 3.76. The molecule has 1 fully saturated rings. The van der Waals surface area contributed by atoms with E-state index in [1.807, 2.05) is 5.82 Å². The van der Waals surface area contributed by atoms with E-state index in [4.69, 9.17) is 0 Å². The highest BCUT2D eigenvalue weighted by atomic mass is 32.0. The van der Waals surface area contributed by atoms with Crippen LogP contribution in [0.1, 0.15) is 33.1 Å². The third kappa shape index (κ3) is 3.54. The molecule has 66 valence electrons. The lowest BCUT2D eigenvalue weighted by Gasteiger charge is -2.16. The van der Waals surface area contributed by atoms with Crippen LogP contribution in [-0.4, -0.2) is 0 Å². The summed E-state index contributed by atoms with van der Waals surface area (Å²) in [6.07, 6.45) is 4.80. The summed E-state index contributed by atoms with van der Waals surface area (Å²) in [6.45, 7) is 0. The van der Waals surface area contributed by atoms with E-state index < -0.39 is 0 Å². The lowest BCUT2D eigenvalue weighted by molar-refractivity contribution is -0.314. The van der Waals surface area contributed by atoms with E-state index in [0.717, 1.165) is 12.8 Å². The first kappa shape index (κ1) is 11.4. The molecule has 1 saturated carbocycles. The molecule has 0 amide bonds. The Bertz CT molecular complexity index is 128. The van der Waals surface area contributed by atoms with Gasteiger partial charge in [-0.1, -0.05) is 26.0 Å². The van der Waals surface area contributed by atoms with Crippen molar-refractivity contribution in [3.05, 3.63) is 11.6 Å². The van der Waals surface area contributed by atoms with Crippen LogP contribution in [0.25, 0.3) is 0 Å². The Morgan fingerprint density at radius 3 is 2.45 bits per heavy atom. The van der Waals surface area contributed by atoms with Gasteiger partial charge in [-0.2, -0.15) is 0 Å². The van der Waals surface area contributed by atoms with Gasteiger partial charge in [0.1, 0.15) is 0 Å². The largest absolute Gasteiger partial charge is 0.873 e. The number of allylic oxidation sites excluding steroid dienone is 1. The van der Waals surface area contributed by atoms with Gasteiger partial charge in [0.15, 0.2) is 0 Å². The summed E-state index contributed by atoms with van der Waals surface area (Å²) in [5, 5.41) is 11.2. The maximum Gasteiger partial charge on any atom is 0.0442 e. The van der Waals surface area contributed by atoms with E-state index in [2.05, 4.69) is 8.93 Å². The first-order chi connectivity index (χ1) is 4.84. The third-order valence-corrected chi connectivity index (χ3v) is 3.12. The number of hydrogen-bond donors (Lipinski definition) is 0. The van der Waals surface area contributed by atoms with Crippen LogP contribution in [0.3, 0.4) is 0 Å². The molecule has 2 atom stereocenters. The summed E-state index contributed by atoms with van der Waals surface area (Å²) in [5.74, 6) is 2.68. The minimum Gasteiger partial charge on any atom is -0.873 e. The van der Waals surface area contributed by atoms with Gasteiger partial charge in [-0.25, -0.2) is 0 Å². The molecule has 0 aromatic carbocycles. The van der Waals surface area contributed by atoms with E-state index in [0.29, 0.717) is 11.7 Å². The summed E-state index contributed by atoms with van der Waals surface area (Å²) in [5.41, 5.74) is 0. The van der Waals surface area contributed by atoms with Gasteiger partial charge in [-0.3, -0.25) is 0 Å². The summed E-state index contributed by atoms with van der Waals surface area (Å²) >= 11 is 0. The predicted molar refractivity (Wildman–Crippen MR) is 56.2 cm³/mol. The van der Waals surface area contributed by atoms with Crippen molar-refractivity contribution in [1.29, 1.82) is 0 Å². The van der Waals surface area contributed by atoms with Gasteiger partial charge in [0.25, 0.3) is 0 Å². The van der Waals surface area contributed by atoms with Crippen molar-refractivity contribution < 1.29 is 5.11 Å². The van der Waals surface area contributed by atoms with E-state index in [9.17, 15) is 5.11 Å². The normalized spacial score (nSPS) is 21.0. The highest BCUT2D eigenvalue weighted by Crippen LogP contribution is 2.32. The molecule has 1 aliphatic rings. The van der Waals surface area contributed by atoms with Crippen LogP contribution in [0.5, 0.6) is 0 Å². The Labute approximate surface area is 73.5 Å². The quantitative estimate of drug-likeness (QED) is 0.486. The van der Waals surface area contributed by atoms with Crippen LogP contribution in [0.4, 0.5) is 0 Å². The Morgan fingerprint density at radius 1 is 1.45 bits per heavy atom. The molecule has 0 bridgehead atoms. The van der Waals surface area contributed by atoms with E-state index in [-0.39, 0.29) is 15.7 Å². The maximum atomic E-state index is 11.2. The molecule has 2 unspecified atom stereocenters. The van der Waals surface area contributed by atoms with Gasteiger partial charge in [-0.05, 0) is 18.8 Å². The molecule has 0 saturated heterocycles. The third-order valence-electron chi connectivity index (χ3n) is 2.02. The fourth-order valence-electron chi connectivity index (χ4n) is 1.44. The lowest BCUT2D eigenvalue weighted by Crippen LogP contribution is -2.11. The predicted octanol–water partition coefficient (Wildman–Crippen LogP) is 2.22. The Balaban J connectivity index is 0.000001000. The van der Waals surface area contributed by atoms with E-state index >= 15 is 0 Å². The molecule has 0 aliphatic heterocycles. The van der Waals surface area contributed by atoms with Gasteiger partial charge in [0.2, 0.25) is 0 Å². The Morgan fingerprint density at radius 2 is 2.00 bits per heavy atom. The summed E-state index contributed by atoms with van der Waals surface area (Å²) in [4.78, 5) is 0. The van der Waals surface area contributed by atoms with Crippen LogP contribution in [0, 0.1) is 5.92 Å². The second-order valence-corrected chi connectivity index (χ2v) is 4.62. The fourth-order valence-corrected chi connectivity index (χ4v) is 2.47. The summed E-state index contributed by atoms with van der Waals surface area (Å²) < 4.78 is 0. The van der Waals surface area contributed by atoms with Crippen LogP contribution in [-0.2, 0) is 0 Å². The van der Waals surface area contributed by atoms with Gasteiger partial charge in [-0.15, -0.1) is 0 Å². The maximum absolute atomic E-state index is 11.2. The van der Waals surface area contributed by atoms with Crippen molar-refractivity contribution in [2.75, 3.05) is 0 Å². The molecule has 1 rings (SSSR count).